The van der Waals surface area contributed by atoms with Crippen molar-refractivity contribution < 1.29 is 23.4 Å². The molecule has 0 unspecified atom stereocenters. The van der Waals surface area contributed by atoms with Crippen LogP contribution in [0.3, 0.4) is 0 Å². The molecule has 4 nitrogen and oxygen atoms in total. The minimum absolute atomic E-state index is 0.0981. The summed E-state index contributed by atoms with van der Waals surface area (Å²) in [5, 5.41) is 9.03. The van der Waals surface area contributed by atoms with Crippen molar-refractivity contribution in [2.24, 2.45) is 0 Å². The summed E-state index contributed by atoms with van der Waals surface area (Å²) >= 11 is 2.78. The molecule has 0 atom stereocenters. The summed E-state index contributed by atoms with van der Waals surface area (Å²) in [7, 11) is 0. The van der Waals surface area contributed by atoms with Crippen molar-refractivity contribution in [2.75, 3.05) is 31.2 Å². The van der Waals surface area contributed by atoms with E-state index in [-0.39, 0.29) is 15.7 Å². The van der Waals surface area contributed by atoms with Gasteiger partial charge in [-0.05, 0) is 22.0 Å². The van der Waals surface area contributed by atoms with Gasteiger partial charge in [-0.1, -0.05) is 0 Å². The van der Waals surface area contributed by atoms with E-state index in [2.05, 4.69) is 15.9 Å². The highest BCUT2D eigenvalue weighted by atomic mass is 79.9. The first-order valence-corrected chi connectivity index (χ1v) is 6.05. The topological polar surface area (TPSA) is 49.8 Å². The summed E-state index contributed by atoms with van der Waals surface area (Å²) in [6.07, 6.45) is 0. The molecule has 0 bridgehead atoms. The number of nitrogens with zero attached hydrogens (tertiary/aromatic N) is 1. The number of carboxylic acid groups (broad SMARTS) is 1. The highest BCUT2D eigenvalue weighted by Gasteiger charge is 2.26. The first kappa shape index (κ1) is 13.2. The largest absolute Gasteiger partial charge is 0.478 e. The fourth-order valence-electron chi connectivity index (χ4n) is 1.84. The van der Waals surface area contributed by atoms with Gasteiger partial charge in [0.25, 0.3) is 0 Å². The number of aromatic carboxylic acids is 1. The molecule has 0 aromatic heterocycles. The van der Waals surface area contributed by atoms with Gasteiger partial charge in [-0.3, -0.25) is 0 Å². The fraction of sp³-hybridized carbons (Fsp3) is 0.364. The van der Waals surface area contributed by atoms with Gasteiger partial charge in [0, 0.05) is 13.1 Å². The number of hydrogen-bond donors (Lipinski definition) is 1. The summed E-state index contributed by atoms with van der Waals surface area (Å²) in [5.74, 6) is -3.18. The van der Waals surface area contributed by atoms with Crippen LogP contribution in [0.4, 0.5) is 14.5 Å². The van der Waals surface area contributed by atoms with E-state index < -0.39 is 17.6 Å². The van der Waals surface area contributed by atoms with E-state index in [0.717, 1.165) is 6.07 Å². The van der Waals surface area contributed by atoms with Crippen LogP contribution in [0.15, 0.2) is 10.5 Å². The lowest BCUT2D eigenvalue weighted by Gasteiger charge is -2.30. The molecule has 0 radical (unpaired) electrons. The maximum absolute atomic E-state index is 14.0. The van der Waals surface area contributed by atoms with Crippen molar-refractivity contribution >= 4 is 27.6 Å². The van der Waals surface area contributed by atoms with Gasteiger partial charge in [0.05, 0.1) is 28.9 Å². The monoisotopic (exact) mass is 321 g/mol. The van der Waals surface area contributed by atoms with Crippen LogP contribution in [-0.4, -0.2) is 37.4 Å². The molecule has 0 spiro atoms. The van der Waals surface area contributed by atoms with E-state index in [1.807, 2.05) is 0 Å². The lowest BCUT2D eigenvalue weighted by Crippen LogP contribution is -2.38. The number of rotatable bonds is 2. The van der Waals surface area contributed by atoms with Gasteiger partial charge < -0.3 is 14.7 Å². The average Bonchev–Trinajstić information content (AvgIpc) is 2.36. The molecule has 98 valence electrons. The number of ether oxygens (including phenoxy) is 1. The van der Waals surface area contributed by atoms with Crippen molar-refractivity contribution in [3.8, 4) is 0 Å². The second kappa shape index (κ2) is 5.19. The van der Waals surface area contributed by atoms with Crippen LogP contribution in [0.25, 0.3) is 0 Å². The Labute approximate surface area is 110 Å². The van der Waals surface area contributed by atoms with Gasteiger partial charge in [0.15, 0.2) is 5.82 Å². The maximum atomic E-state index is 14.0. The van der Waals surface area contributed by atoms with Gasteiger partial charge in [-0.15, -0.1) is 0 Å². The van der Waals surface area contributed by atoms with Gasteiger partial charge in [0.2, 0.25) is 0 Å². The highest BCUT2D eigenvalue weighted by molar-refractivity contribution is 9.10. The number of morpholine rings is 1. The molecule has 1 aliphatic rings. The smallest absolute Gasteiger partial charge is 0.338 e. The Kier molecular flexibility index (Phi) is 3.82. The predicted molar refractivity (Wildman–Crippen MR) is 64.0 cm³/mol. The fourth-order valence-corrected chi connectivity index (χ4v) is 2.15. The van der Waals surface area contributed by atoms with E-state index in [1.165, 1.54) is 0 Å². The Morgan fingerprint density at radius 2 is 2.00 bits per heavy atom. The normalized spacial score (nSPS) is 15.8. The van der Waals surface area contributed by atoms with Crippen LogP contribution in [-0.2, 0) is 4.74 Å². The zero-order valence-electron chi connectivity index (χ0n) is 9.25. The minimum Gasteiger partial charge on any atom is -0.478 e. The van der Waals surface area contributed by atoms with Gasteiger partial charge in [-0.25, -0.2) is 13.6 Å². The number of halogens is 3. The zero-order valence-corrected chi connectivity index (χ0v) is 10.8. The predicted octanol–water partition coefficient (Wildman–Crippen LogP) is 2.26. The van der Waals surface area contributed by atoms with Crippen molar-refractivity contribution in [3.63, 3.8) is 0 Å². The third kappa shape index (κ3) is 2.32. The average molecular weight is 322 g/mol. The molecule has 1 N–H and O–H groups in total. The van der Waals surface area contributed by atoms with E-state index in [9.17, 15) is 13.6 Å². The Balaban J connectivity index is 2.55. The molecule has 1 aromatic rings. The molecule has 0 aliphatic carbocycles. The lowest BCUT2D eigenvalue weighted by molar-refractivity contribution is 0.0695. The second-order valence-corrected chi connectivity index (χ2v) is 4.58. The van der Waals surface area contributed by atoms with Crippen molar-refractivity contribution in [1.82, 2.24) is 0 Å². The Hall–Kier alpha value is -1.21. The number of carbonyl (C=O) groups is 1. The molecule has 1 fully saturated rings. The van der Waals surface area contributed by atoms with Gasteiger partial charge in [-0.2, -0.15) is 0 Å². The van der Waals surface area contributed by atoms with Crippen molar-refractivity contribution in [3.05, 3.63) is 27.7 Å². The Morgan fingerprint density at radius 3 is 2.56 bits per heavy atom. The van der Waals surface area contributed by atoms with Crippen LogP contribution >= 0.6 is 15.9 Å². The summed E-state index contributed by atoms with van der Waals surface area (Å²) < 4.78 is 32.2. The third-order valence-electron chi connectivity index (χ3n) is 2.69. The summed E-state index contributed by atoms with van der Waals surface area (Å²) in [5.41, 5.74) is -0.478. The van der Waals surface area contributed by atoms with Crippen LogP contribution in [0.5, 0.6) is 0 Å². The third-order valence-corrected chi connectivity index (χ3v) is 3.42. The van der Waals surface area contributed by atoms with Crippen LogP contribution in [0.2, 0.25) is 0 Å². The van der Waals surface area contributed by atoms with Crippen LogP contribution < -0.4 is 4.90 Å². The molecular weight excluding hydrogens is 312 g/mol. The zero-order chi connectivity index (χ0) is 13.3. The van der Waals surface area contributed by atoms with Crippen LogP contribution in [0, 0.1) is 11.6 Å². The molecule has 1 heterocycles. The van der Waals surface area contributed by atoms with E-state index in [1.54, 1.807) is 4.90 Å². The van der Waals surface area contributed by atoms with E-state index in [4.69, 9.17) is 9.84 Å². The molecular formula is C11H10BrF2NO3. The number of benzene rings is 1. The standard InChI is InChI=1S/C11H10BrF2NO3/c12-8-7(13)5-6(11(16)17)10(9(8)14)15-1-3-18-4-2-15/h5H,1-4H2,(H,16,17). The Bertz CT molecular complexity index is 490. The number of hydrogen-bond acceptors (Lipinski definition) is 3. The molecule has 1 saturated heterocycles. The highest BCUT2D eigenvalue weighted by Crippen LogP contribution is 2.33. The van der Waals surface area contributed by atoms with Gasteiger partial charge >= 0.3 is 5.97 Å². The molecule has 0 saturated carbocycles. The molecule has 1 aromatic carbocycles. The van der Waals surface area contributed by atoms with Crippen molar-refractivity contribution in [2.45, 2.75) is 0 Å². The minimum atomic E-state index is -1.36. The first-order valence-electron chi connectivity index (χ1n) is 5.26. The van der Waals surface area contributed by atoms with Crippen molar-refractivity contribution in [1.29, 1.82) is 0 Å². The maximum Gasteiger partial charge on any atom is 0.338 e. The summed E-state index contributed by atoms with van der Waals surface area (Å²) in [6, 6.07) is 0.820. The molecule has 1 aliphatic heterocycles. The van der Waals surface area contributed by atoms with Crippen LogP contribution in [0.1, 0.15) is 10.4 Å². The van der Waals surface area contributed by atoms with E-state index in [0.29, 0.717) is 26.3 Å². The first-order chi connectivity index (χ1) is 8.52. The summed E-state index contributed by atoms with van der Waals surface area (Å²) in [4.78, 5) is 12.6. The number of carboxylic acids is 1. The molecule has 0 amide bonds. The van der Waals surface area contributed by atoms with E-state index >= 15 is 0 Å². The molecule has 7 heteroatoms. The second-order valence-electron chi connectivity index (χ2n) is 3.79. The summed E-state index contributed by atoms with van der Waals surface area (Å²) in [6.45, 7) is 1.51. The molecule has 2 rings (SSSR count). The Morgan fingerprint density at radius 1 is 1.39 bits per heavy atom. The quantitative estimate of drug-likeness (QED) is 0.849. The number of anilines is 1. The SMILES string of the molecule is O=C(O)c1cc(F)c(Br)c(F)c1N1CCOCC1. The molecule has 18 heavy (non-hydrogen) atoms. The lowest BCUT2D eigenvalue weighted by atomic mass is 10.1. The van der Waals surface area contributed by atoms with Gasteiger partial charge in [0.1, 0.15) is 5.82 Å².